The van der Waals surface area contributed by atoms with Crippen LogP contribution in [0.1, 0.15) is 144 Å². The van der Waals surface area contributed by atoms with Gasteiger partial charge >= 0.3 is 28.4 Å². The molecule has 0 aromatic heterocycles. The molecule has 3 aromatic carbocycles. The van der Waals surface area contributed by atoms with Gasteiger partial charge in [-0.1, -0.05) is 138 Å². The van der Waals surface area contributed by atoms with Gasteiger partial charge in [-0.05, 0) is 62.3 Å². The number of allylic oxidation sites excluding steroid dienone is 8. The van der Waals surface area contributed by atoms with Crippen LogP contribution in [-0.4, -0.2) is 4.21 Å². The molecule has 294 valence electrons. The molecule has 0 bridgehead atoms. The second kappa shape index (κ2) is 19.4. The molecule has 3 heteroatoms. The molecule has 0 aliphatic heterocycles. The number of fused-ring (bicyclic) bond motifs is 5. The van der Waals surface area contributed by atoms with Crippen molar-refractivity contribution in [1.82, 2.24) is 0 Å². The summed E-state index contributed by atoms with van der Waals surface area (Å²) in [6, 6.07) is 22.5. The maximum absolute atomic E-state index is 3.85. The average Bonchev–Trinajstić information content (AvgIpc) is 3.84. The van der Waals surface area contributed by atoms with Gasteiger partial charge in [0.25, 0.3) is 0 Å². The van der Waals surface area contributed by atoms with E-state index in [1.807, 2.05) is 30.3 Å². The van der Waals surface area contributed by atoms with Gasteiger partial charge in [0.2, 0.25) is 0 Å². The number of hydrogen-bond donors (Lipinski definition) is 0. The molecule has 0 heterocycles. The Morgan fingerprint density at radius 2 is 1.24 bits per heavy atom. The molecule has 0 fully saturated rings. The van der Waals surface area contributed by atoms with Crippen molar-refractivity contribution in [3.05, 3.63) is 137 Å². The van der Waals surface area contributed by atoms with Crippen LogP contribution in [0, 0.1) is 47.3 Å². The summed E-state index contributed by atoms with van der Waals surface area (Å²) in [6.07, 6.45) is 16.4. The first kappa shape index (κ1) is 50.0. The van der Waals surface area contributed by atoms with Gasteiger partial charge in [0.15, 0.2) is 0 Å². The van der Waals surface area contributed by atoms with E-state index >= 15 is 0 Å². The molecular weight excluding hydrogens is 775 g/mol. The summed E-state index contributed by atoms with van der Waals surface area (Å²) in [5.41, 5.74) is 16.6. The molecule has 7 rings (SSSR count). The second-order valence-corrected chi connectivity index (χ2v) is 18.5. The Hall–Kier alpha value is -2.05. The molecule has 0 amide bonds. The van der Waals surface area contributed by atoms with Crippen molar-refractivity contribution >= 4 is 40.2 Å². The van der Waals surface area contributed by atoms with Crippen LogP contribution in [0.4, 0.5) is 0 Å². The summed E-state index contributed by atoms with van der Waals surface area (Å²) < 4.78 is 3.34. The Morgan fingerprint density at radius 1 is 0.722 bits per heavy atom. The Balaban J connectivity index is 0.000000524. The van der Waals surface area contributed by atoms with Gasteiger partial charge in [-0.3, -0.25) is 12.2 Å². The van der Waals surface area contributed by atoms with E-state index < -0.39 is 0 Å². The largest absolute Gasteiger partial charge is 0.184 e. The van der Waals surface area contributed by atoms with E-state index in [4.69, 9.17) is 0 Å². The van der Waals surface area contributed by atoms with E-state index in [-0.39, 0.29) is 46.5 Å². The van der Waals surface area contributed by atoms with Crippen molar-refractivity contribution in [2.45, 2.75) is 128 Å². The Labute approximate surface area is 359 Å². The van der Waals surface area contributed by atoms with Crippen LogP contribution >= 0.6 is 24.8 Å². The summed E-state index contributed by atoms with van der Waals surface area (Å²) in [7, 11) is 0. The van der Waals surface area contributed by atoms with Gasteiger partial charge in [-0.15, -0.1) is 36.4 Å². The average molecular weight is 843 g/mol. The minimum absolute atomic E-state index is 0. The molecule has 1 atom stereocenters. The zero-order valence-electron chi connectivity index (χ0n) is 36.2. The smallest absolute Gasteiger partial charge is 0.171 e. The van der Waals surface area contributed by atoms with Gasteiger partial charge in [0.05, 0.1) is 0 Å². The third-order valence-corrected chi connectivity index (χ3v) is 10.3. The van der Waals surface area contributed by atoms with Crippen LogP contribution in [-0.2, 0) is 41.5 Å². The molecule has 0 N–H and O–H groups in total. The van der Waals surface area contributed by atoms with Gasteiger partial charge in [0.1, 0.15) is 0 Å². The predicted octanol–water partition coefficient (Wildman–Crippen LogP) is 15.0. The summed E-state index contributed by atoms with van der Waals surface area (Å²) in [5.74, 6) is 0.573. The third kappa shape index (κ3) is 11.3. The topological polar surface area (TPSA) is 0 Å². The van der Waals surface area contributed by atoms with Crippen molar-refractivity contribution in [1.29, 1.82) is 0 Å². The van der Waals surface area contributed by atoms with Crippen molar-refractivity contribution in [3.63, 3.8) is 0 Å². The van der Waals surface area contributed by atoms with Crippen LogP contribution in [0.2, 0.25) is 0 Å². The number of hydrogen-bond acceptors (Lipinski definition) is 0. The van der Waals surface area contributed by atoms with Crippen molar-refractivity contribution < 1.29 is 24.2 Å². The van der Waals surface area contributed by atoms with Crippen LogP contribution in [0.5, 0.6) is 0 Å². The van der Waals surface area contributed by atoms with Gasteiger partial charge in [-0.25, -0.2) is 11.6 Å². The van der Waals surface area contributed by atoms with E-state index in [0.29, 0.717) is 11.3 Å². The zero-order chi connectivity index (χ0) is 39.4. The van der Waals surface area contributed by atoms with Crippen LogP contribution in [0.25, 0.3) is 22.3 Å². The molecule has 0 spiro atoms. The van der Waals surface area contributed by atoms with Crippen molar-refractivity contribution in [2.75, 3.05) is 0 Å². The number of rotatable bonds is 1. The molecule has 0 nitrogen and oxygen atoms in total. The monoisotopic (exact) mass is 840 g/mol. The molecule has 0 saturated heterocycles. The predicted molar refractivity (Wildman–Crippen MR) is 241 cm³/mol. The fourth-order valence-electron chi connectivity index (χ4n) is 7.50. The standard InChI is InChI=1S/C31H37.C11H17.C6H5.C2H5.CH2.2ClH.Zr/c1-28(2,3)26-16-30(7,8)24-12-18-11-19-13-25-23(15-21(19)20(18)14-22(24)26)27(29(4,5)6)17-31(25,9)10;1-5-9-6-7-10(8-9)11(2,3)4;1-2-4-6-5-3-1;1-2;;;;/h12-16H,11H2,1-10H3;7-9H,5H2,1-4H3;1-5H;1H2,2H3;1H2;2*1H;/q4*-1;;;;. The Bertz CT molecular complexity index is 1700. The molecule has 54 heavy (non-hydrogen) atoms. The second-order valence-electron chi connectivity index (χ2n) is 18.5. The Morgan fingerprint density at radius 3 is 1.63 bits per heavy atom. The third-order valence-electron chi connectivity index (χ3n) is 10.3. The molecule has 0 saturated carbocycles. The first-order chi connectivity index (χ1) is 24.1. The molecule has 4 aliphatic carbocycles. The van der Waals surface area contributed by atoms with E-state index in [1.54, 1.807) is 6.92 Å². The number of benzene rings is 3. The minimum Gasteiger partial charge on any atom is -0.184 e. The van der Waals surface area contributed by atoms with E-state index in [9.17, 15) is 0 Å². The molecule has 4 aliphatic rings. The van der Waals surface area contributed by atoms with Gasteiger partial charge < -0.3 is 6.92 Å². The molecule has 3 aromatic rings. The minimum atomic E-state index is -0.0202. The fourth-order valence-corrected chi connectivity index (χ4v) is 7.50. The van der Waals surface area contributed by atoms with E-state index in [1.165, 1.54) is 91.9 Å². The van der Waals surface area contributed by atoms with Crippen LogP contribution in [0.15, 0.2) is 78.4 Å². The quantitative estimate of drug-likeness (QED) is 0.168. The van der Waals surface area contributed by atoms with Crippen LogP contribution < -0.4 is 0 Å². The maximum Gasteiger partial charge on any atom is -0.171 e. The van der Waals surface area contributed by atoms with Gasteiger partial charge in [0, 0.05) is 5.41 Å². The van der Waals surface area contributed by atoms with Crippen LogP contribution in [0.3, 0.4) is 0 Å². The zero-order valence-corrected chi connectivity index (χ0v) is 40.2. The molecule has 1 unspecified atom stereocenters. The van der Waals surface area contributed by atoms with E-state index in [2.05, 4.69) is 169 Å². The van der Waals surface area contributed by atoms with Crippen molar-refractivity contribution in [2.24, 2.45) is 22.2 Å². The first-order valence-electron chi connectivity index (χ1n) is 19.2. The summed E-state index contributed by atoms with van der Waals surface area (Å²) >= 11 is 1.30. The fraction of sp³-hybridized carbons (Fsp3) is 0.451. The van der Waals surface area contributed by atoms with Gasteiger partial charge in [-0.2, -0.15) is 60.5 Å². The Kier molecular flexibility index (Phi) is 18.0. The first-order valence-corrected chi connectivity index (χ1v) is 20.9. The number of halogens is 2. The molecule has 0 radical (unpaired) electrons. The summed E-state index contributed by atoms with van der Waals surface area (Å²) in [6.45, 7) is 37.3. The SMILES string of the molecule is CC(C)(C)C1=[C-]C(C)(C)c2cc3c(cc21)-c1cc2c(cc1C3)C(C)(C)C=C2C(C)(C)C.CCC1[C-]=CC(C(C)(C)C)=C1.Cl.Cl.[CH2-]C.[CH2]=[Zr].[c-]1ccccc1. The summed E-state index contributed by atoms with van der Waals surface area (Å²) in [5, 5.41) is 0. The summed E-state index contributed by atoms with van der Waals surface area (Å²) in [4.78, 5) is 0. The maximum atomic E-state index is 3.85. The molecular formula is C51H68Cl2Zr-4. The van der Waals surface area contributed by atoms with Crippen molar-refractivity contribution in [3.8, 4) is 11.1 Å². The normalized spacial score (nSPS) is 17.5. The van der Waals surface area contributed by atoms with E-state index in [0.717, 1.165) is 6.42 Å².